The molecule has 1 saturated heterocycles. The van der Waals surface area contributed by atoms with Gasteiger partial charge in [0.05, 0.1) is 30.1 Å². The Kier molecular flexibility index (Phi) is 6.05. The van der Waals surface area contributed by atoms with Gasteiger partial charge in [0.2, 0.25) is 5.95 Å². The maximum Gasteiger partial charge on any atom is 0.286 e. The molecule has 6 rings (SSSR count). The Morgan fingerprint density at radius 1 is 1.21 bits per heavy atom. The fourth-order valence-electron chi connectivity index (χ4n) is 4.59. The number of aryl methyl sites for hydroxylation is 1. The Hall–Kier alpha value is -3.93. The summed E-state index contributed by atoms with van der Waals surface area (Å²) in [6, 6.07) is 6.37. The van der Waals surface area contributed by atoms with Crippen molar-refractivity contribution in [2.45, 2.75) is 44.6 Å². The average molecular weight is 524 g/mol. The van der Waals surface area contributed by atoms with Gasteiger partial charge in [-0.25, -0.2) is 4.98 Å². The molecule has 12 heteroatoms. The van der Waals surface area contributed by atoms with Crippen molar-refractivity contribution in [3.63, 3.8) is 0 Å². The van der Waals surface area contributed by atoms with Crippen LogP contribution in [0.2, 0.25) is 0 Å². The van der Waals surface area contributed by atoms with Crippen LogP contribution in [0.4, 0.5) is 20.5 Å². The van der Waals surface area contributed by atoms with Crippen LogP contribution in [0.25, 0.3) is 11.2 Å². The van der Waals surface area contributed by atoms with Gasteiger partial charge in [-0.2, -0.15) is 18.9 Å². The number of Topliss-reactive ketones (excluding diaryl/α,β-unsaturated/α-hetero) is 1. The smallest absolute Gasteiger partial charge is 0.286 e. The van der Waals surface area contributed by atoms with Crippen LogP contribution in [0.15, 0.2) is 36.7 Å². The highest BCUT2D eigenvalue weighted by Gasteiger charge is 2.34. The number of aromatic nitrogens is 6. The van der Waals surface area contributed by atoms with Crippen LogP contribution in [-0.4, -0.2) is 48.3 Å². The van der Waals surface area contributed by atoms with E-state index in [0.717, 1.165) is 19.8 Å². The summed E-state index contributed by atoms with van der Waals surface area (Å²) < 4.78 is 43.1. The first-order chi connectivity index (χ1) is 18.2. The minimum absolute atomic E-state index is 0.177. The molecule has 0 amide bonds. The molecular formula is C26H27F2N7O3. The van der Waals surface area contributed by atoms with Crippen molar-refractivity contribution in [1.29, 1.82) is 0 Å². The maximum absolute atomic E-state index is 14.3. The Labute approximate surface area is 217 Å². The van der Waals surface area contributed by atoms with E-state index in [9.17, 15) is 13.6 Å². The number of ketones is 1. The number of nitrogens with zero attached hydrogens (tertiary/aromatic N) is 6. The summed E-state index contributed by atoms with van der Waals surface area (Å²) in [5.41, 5.74) is 1.62. The van der Waals surface area contributed by atoms with Gasteiger partial charge in [-0.05, 0) is 25.3 Å². The number of carbonyl (C=O) groups excluding carboxylic acids is 1. The van der Waals surface area contributed by atoms with Gasteiger partial charge in [0.15, 0.2) is 11.5 Å². The number of anilines is 2. The standard InChI is InChI=1S/C26H27F2N7O3/c1-26(27,28)22-12-23(33-35(22)17-6-8-37-14-17)31-25-32-24-20(34(25)2)11-19(13-30-24)38-18-5-7-29-16(9-18)10-21(36)15-3-4-15/h5,7,9,11-13,15,17H,3-4,6,8,10,14H2,1-2H3,(H,30,31,32,33)/t17-/m1/s1. The Morgan fingerprint density at radius 3 is 2.79 bits per heavy atom. The molecule has 0 unspecified atom stereocenters. The van der Waals surface area contributed by atoms with E-state index in [1.165, 1.54) is 10.7 Å². The highest BCUT2D eigenvalue weighted by atomic mass is 19.3. The number of hydrogen-bond donors (Lipinski definition) is 1. The van der Waals surface area contributed by atoms with Gasteiger partial charge in [-0.3, -0.25) is 14.5 Å². The first kappa shape index (κ1) is 24.4. The van der Waals surface area contributed by atoms with Gasteiger partial charge in [-0.1, -0.05) is 0 Å². The fraction of sp³-hybridized carbons (Fsp3) is 0.423. The van der Waals surface area contributed by atoms with Crippen LogP contribution in [0.3, 0.4) is 0 Å². The van der Waals surface area contributed by atoms with Crippen molar-refractivity contribution in [3.05, 3.63) is 48.0 Å². The molecule has 2 fully saturated rings. The Bertz CT molecular complexity index is 1500. The molecule has 38 heavy (non-hydrogen) atoms. The van der Waals surface area contributed by atoms with Gasteiger partial charge in [0.1, 0.15) is 23.0 Å². The number of carbonyl (C=O) groups is 1. The van der Waals surface area contributed by atoms with Gasteiger partial charge in [0.25, 0.3) is 5.92 Å². The Balaban J connectivity index is 1.22. The number of fused-ring (bicyclic) bond motifs is 1. The lowest BCUT2D eigenvalue weighted by Crippen LogP contribution is -2.20. The molecule has 1 N–H and O–H groups in total. The third-order valence-corrected chi connectivity index (χ3v) is 6.80. The number of imidazole rings is 1. The van der Waals surface area contributed by atoms with Crippen molar-refractivity contribution in [3.8, 4) is 11.5 Å². The minimum atomic E-state index is -3.06. The SMILES string of the molecule is Cn1c(Nc2cc(C(C)(F)F)n([C@@H]3CCOC3)n2)nc2ncc(Oc3ccnc(CC(=O)C4CC4)c3)cc21. The number of hydrogen-bond acceptors (Lipinski definition) is 8. The molecular weight excluding hydrogens is 496 g/mol. The van der Waals surface area contributed by atoms with Crippen LogP contribution in [0.1, 0.15) is 43.6 Å². The molecule has 1 aliphatic heterocycles. The second-order valence-corrected chi connectivity index (χ2v) is 9.90. The predicted molar refractivity (Wildman–Crippen MR) is 134 cm³/mol. The molecule has 198 valence electrons. The van der Waals surface area contributed by atoms with Gasteiger partial charge in [-0.15, -0.1) is 0 Å². The molecule has 1 saturated carbocycles. The average Bonchev–Trinajstić information content (AvgIpc) is 3.27. The highest BCUT2D eigenvalue weighted by molar-refractivity contribution is 5.85. The summed E-state index contributed by atoms with van der Waals surface area (Å²) in [6.45, 7) is 1.72. The molecule has 0 aromatic carbocycles. The normalized spacial score (nSPS) is 17.7. The number of halogens is 2. The van der Waals surface area contributed by atoms with E-state index in [1.54, 1.807) is 42.2 Å². The van der Waals surface area contributed by atoms with Crippen molar-refractivity contribution in [1.82, 2.24) is 29.3 Å². The second-order valence-electron chi connectivity index (χ2n) is 9.90. The molecule has 1 aliphatic carbocycles. The van der Waals surface area contributed by atoms with E-state index in [1.807, 2.05) is 0 Å². The predicted octanol–water partition coefficient (Wildman–Crippen LogP) is 4.69. The second kappa shape index (κ2) is 9.43. The molecule has 2 aliphatic rings. The van der Waals surface area contributed by atoms with Crippen LogP contribution in [-0.2, 0) is 28.9 Å². The van der Waals surface area contributed by atoms with Crippen LogP contribution in [0.5, 0.6) is 11.5 Å². The third kappa shape index (κ3) is 4.95. The quantitative estimate of drug-likeness (QED) is 0.337. The molecule has 0 radical (unpaired) electrons. The lowest BCUT2D eigenvalue weighted by atomic mass is 10.1. The summed E-state index contributed by atoms with van der Waals surface area (Å²) in [4.78, 5) is 25.3. The van der Waals surface area contributed by atoms with Crippen molar-refractivity contribution in [2.24, 2.45) is 13.0 Å². The van der Waals surface area contributed by atoms with Crippen molar-refractivity contribution in [2.75, 3.05) is 18.5 Å². The topological polar surface area (TPSA) is 109 Å². The number of ether oxygens (including phenoxy) is 2. The molecule has 0 bridgehead atoms. The van der Waals surface area contributed by atoms with Gasteiger partial charge in [0, 0.05) is 57.3 Å². The largest absolute Gasteiger partial charge is 0.456 e. The first-order valence-electron chi connectivity index (χ1n) is 12.5. The summed E-state index contributed by atoms with van der Waals surface area (Å²) in [6.07, 6.45) is 6.02. The zero-order valence-electron chi connectivity index (χ0n) is 21.0. The fourth-order valence-corrected chi connectivity index (χ4v) is 4.59. The van der Waals surface area contributed by atoms with E-state index in [2.05, 4.69) is 25.4 Å². The molecule has 10 nitrogen and oxygen atoms in total. The van der Waals surface area contributed by atoms with Crippen LogP contribution >= 0.6 is 0 Å². The monoisotopic (exact) mass is 523 g/mol. The minimum Gasteiger partial charge on any atom is -0.456 e. The van der Waals surface area contributed by atoms with E-state index < -0.39 is 5.92 Å². The Morgan fingerprint density at radius 2 is 2.05 bits per heavy atom. The van der Waals surface area contributed by atoms with Crippen molar-refractivity contribution < 1.29 is 23.0 Å². The molecule has 4 aromatic heterocycles. The zero-order chi connectivity index (χ0) is 26.4. The van der Waals surface area contributed by atoms with Crippen molar-refractivity contribution >= 4 is 28.7 Å². The van der Waals surface area contributed by atoms with E-state index in [0.29, 0.717) is 60.4 Å². The lowest BCUT2D eigenvalue weighted by Gasteiger charge is -2.16. The van der Waals surface area contributed by atoms with E-state index >= 15 is 0 Å². The number of nitrogens with one attached hydrogen (secondary N) is 1. The van der Waals surface area contributed by atoms with Gasteiger partial charge >= 0.3 is 0 Å². The van der Waals surface area contributed by atoms with E-state index in [4.69, 9.17) is 9.47 Å². The molecule has 4 aromatic rings. The number of alkyl halides is 2. The highest BCUT2D eigenvalue weighted by Crippen LogP contribution is 2.34. The zero-order valence-corrected chi connectivity index (χ0v) is 21.0. The first-order valence-corrected chi connectivity index (χ1v) is 12.5. The summed E-state index contributed by atoms with van der Waals surface area (Å²) in [7, 11) is 1.79. The summed E-state index contributed by atoms with van der Waals surface area (Å²) >= 11 is 0. The number of pyridine rings is 2. The maximum atomic E-state index is 14.3. The van der Waals surface area contributed by atoms with Crippen LogP contribution < -0.4 is 10.1 Å². The molecule has 0 spiro atoms. The lowest BCUT2D eigenvalue weighted by molar-refractivity contribution is -0.119. The van der Waals surface area contributed by atoms with E-state index in [-0.39, 0.29) is 29.3 Å². The van der Waals surface area contributed by atoms with Gasteiger partial charge < -0.3 is 19.4 Å². The summed E-state index contributed by atoms with van der Waals surface area (Å²) in [5, 5.41) is 7.45. The third-order valence-electron chi connectivity index (χ3n) is 6.80. The summed E-state index contributed by atoms with van der Waals surface area (Å²) in [5.74, 6) is -0.986. The molecule has 5 heterocycles. The van der Waals surface area contributed by atoms with Crippen LogP contribution in [0, 0.1) is 5.92 Å². The molecule has 1 atom stereocenters. The number of rotatable bonds is 9.